The standard InChI is InChI=1S/C22H16Cl3F3IN5O2/c1-9(10-2-3-10)31-20(35)12-4-11(23)5-15(29)18(12)32-21(36)16-6-17(22(26,27)28)33-34(16)19-13(24)7-30-8-14(19)25/h4-10H,2-3H2,1H3,(H,31,35)(H,32,36). The molecule has 0 saturated heterocycles. The van der Waals surface area contributed by atoms with Crippen molar-refractivity contribution in [1.29, 1.82) is 0 Å². The van der Waals surface area contributed by atoms with E-state index in [1.165, 1.54) is 12.1 Å². The highest BCUT2D eigenvalue weighted by Crippen LogP contribution is 2.35. The number of hydrogen-bond donors (Lipinski definition) is 2. The van der Waals surface area contributed by atoms with Crippen molar-refractivity contribution in [2.24, 2.45) is 5.92 Å². The molecule has 7 nitrogen and oxygen atoms in total. The van der Waals surface area contributed by atoms with Crippen LogP contribution in [0.15, 0.2) is 30.6 Å². The maximum atomic E-state index is 13.5. The predicted molar refractivity (Wildman–Crippen MR) is 138 cm³/mol. The average molecular weight is 673 g/mol. The quantitative estimate of drug-likeness (QED) is 0.288. The zero-order chi connectivity index (χ0) is 26.4. The van der Waals surface area contributed by atoms with Crippen LogP contribution in [0, 0.1) is 9.49 Å². The van der Waals surface area contributed by atoms with Crippen molar-refractivity contribution in [3.63, 3.8) is 0 Å². The smallest absolute Gasteiger partial charge is 0.349 e. The van der Waals surface area contributed by atoms with Gasteiger partial charge in [0.25, 0.3) is 11.8 Å². The number of nitrogens with zero attached hydrogens (tertiary/aromatic N) is 3. The third-order valence-electron chi connectivity index (χ3n) is 5.50. The van der Waals surface area contributed by atoms with E-state index in [4.69, 9.17) is 34.8 Å². The number of aromatic nitrogens is 3. The lowest BCUT2D eigenvalue weighted by Crippen LogP contribution is -2.34. The van der Waals surface area contributed by atoms with Crippen LogP contribution < -0.4 is 10.6 Å². The number of carbonyl (C=O) groups excluding carboxylic acids is 2. The fourth-order valence-corrected chi connectivity index (χ4v) is 5.20. The van der Waals surface area contributed by atoms with E-state index < -0.39 is 29.4 Å². The molecule has 1 atom stereocenters. The fraction of sp³-hybridized carbons (Fsp3) is 0.273. The summed E-state index contributed by atoms with van der Waals surface area (Å²) in [5.41, 5.74) is -1.86. The summed E-state index contributed by atoms with van der Waals surface area (Å²) in [5.74, 6) is -1.09. The molecule has 2 heterocycles. The number of benzene rings is 1. The molecule has 36 heavy (non-hydrogen) atoms. The molecule has 4 rings (SSSR count). The van der Waals surface area contributed by atoms with Gasteiger partial charge in [0.15, 0.2) is 5.69 Å². The Morgan fingerprint density at radius 1 is 1.11 bits per heavy atom. The molecule has 14 heteroatoms. The van der Waals surface area contributed by atoms with Crippen LogP contribution in [0.5, 0.6) is 0 Å². The summed E-state index contributed by atoms with van der Waals surface area (Å²) in [6.45, 7) is 1.88. The summed E-state index contributed by atoms with van der Waals surface area (Å²) in [6, 6.07) is 3.36. The molecular formula is C22H16Cl3F3IN5O2. The Morgan fingerprint density at radius 2 is 1.75 bits per heavy atom. The third-order valence-corrected chi connectivity index (χ3v) is 7.12. The normalized spacial score (nSPS) is 14.4. The van der Waals surface area contributed by atoms with Gasteiger partial charge in [-0.1, -0.05) is 34.8 Å². The van der Waals surface area contributed by atoms with Crippen molar-refractivity contribution in [3.8, 4) is 5.69 Å². The molecule has 1 aliphatic carbocycles. The molecule has 3 aromatic rings. The summed E-state index contributed by atoms with van der Waals surface area (Å²) >= 11 is 20.3. The van der Waals surface area contributed by atoms with Gasteiger partial charge in [0.05, 0.1) is 21.3 Å². The van der Waals surface area contributed by atoms with Crippen molar-refractivity contribution < 1.29 is 22.8 Å². The van der Waals surface area contributed by atoms with E-state index in [1.54, 1.807) is 0 Å². The molecule has 1 aliphatic rings. The van der Waals surface area contributed by atoms with E-state index in [0.717, 1.165) is 25.2 Å². The summed E-state index contributed by atoms with van der Waals surface area (Å²) in [4.78, 5) is 30.1. The molecule has 190 valence electrons. The van der Waals surface area contributed by atoms with Gasteiger partial charge in [-0.25, -0.2) is 4.68 Å². The monoisotopic (exact) mass is 671 g/mol. The fourth-order valence-electron chi connectivity index (χ4n) is 3.51. The number of pyridine rings is 1. The molecule has 2 aromatic heterocycles. The average Bonchev–Trinajstić information content (AvgIpc) is 3.53. The van der Waals surface area contributed by atoms with E-state index in [-0.39, 0.29) is 38.0 Å². The molecule has 0 bridgehead atoms. The molecule has 0 spiro atoms. The van der Waals surface area contributed by atoms with Crippen LogP contribution in [0.25, 0.3) is 5.69 Å². The largest absolute Gasteiger partial charge is 0.435 e. The number of halogens is 7. The summed E-state index contributed by atoms with van der Waals surface area (Å²) < 4.78 is 41.6. The van der Waals surface area contributed by atoms with E-state index >= 15 is 0 Å². The van der Waals surface area contributed by atoms with Gasteiger partial charge in [-0.2, -0.15) is 18.3 Å². The van der Waals surface area contributed by atoms with Crippen LogP contribution in [-0.4, -0.2) is 32.6 Å². The number of amides is 2. The van der Waals surface area contributed by atoms with Gasteiger partial charge in [-0.15, -0.1) is 0 Å². The molecule has 1 saturated carbocycles. The number of anilines is 1. The Morgan fingerprint density at radius 3 is 2.33 bits per heavy atom. The van der Waals surface area contributed by atoms with Crippen molar-refractivity contribution in [3.05, 3.63) is 66.2 Å². The van der Waals surface area contributed by atoms with Crippen LogP contribution in [0.1, 0.15) is 46.3 Å². The van der Waals surface area contributed by atoms with Crippen molar-refractivity contribution >= 4 is 74.9 Å². The Kier molecular flexibility index (Phi) is 7.75. The van der Waals surface area contributed by atoms with Crippen LogP contribution in [-0.2, 0) is 6.18 Å². The lowest BCUT2D eigenvalue weighted by atomic mass is 10.1. The first-order chi connectivity index (χ1) is 16.9. The van der Waals surface area contributed by atoms with E-state index in [2.05, 4.69) is 20.7 Å². The Balaban J connectivity index is 1.76. The summed E-state index contributed by atoms with van der Waals surface area (Å²) in [6.07, 6.45) is -0.533. The van der Waals surface area contributed by atoms with Crippen LogP contribution in [0.3, 0.4) is 0 Å². The lowest BCUT2D eigenvalue weighted by molar-refractivity contribution is -0.141. The molecule has 0 radical (unpaired) electrons. The van der Waals surface area contributed by atoms with E-state index in [1.807, 2.05) is 29.5 Å². The Labute approximate surface area is 231 Å². The van der Waals surface area contributed by atoms with Gasteiger partial charge in [0, 0.05) is 33.1 Å². The number of alkyl halides is 3. The predicted octanol–water partition coefficient (Wildman–Crippen LogP) is 6.63. The molecule has 2 N–H and O–H groups in total. The zero-order valence-corrected chi connectivity index (χ0v) is 22.7. The number of carbonyl (C=O) groups is 2. The first-order valence-electron chi connectivity index (χ1n) is 10.4. The minimum atomic E-state index is -4.86. The second kappa shape index (κ2) is 10.3. The Bertz CT molecular complexity index is 1340. The second-order valence-electron chi connectivity index (χ2n) is 8.14. The molecular weight excluding hydrogens is 657 g/mol. The van der Waals surface area contributed by atoms with Crippen molar-refractivity contribution in [1.82, 2.24) is 20.1 Å². The van der Waals surface area contributed by atoms with Crippen LogP contribution in [0.2, 0.25) is 15.1 Å². The SMILES string of the molecule is CC(NC(=O)c1cc(Cl)cc(I)c1NC(=O)c1cc(C(F)(F)F)nn1-c1c(Cl)cncc1Cl)C1CC1. The molecule has 1 fully saturated rings. The molecule has 1 unspecified atom stereocenters. The lowest BCUT2D eigenvalue weighted by Gasteiger charge is -2.17. The molecule has 0 aliphatic heterocycles. The van der Waals surface area contributed by atoms with Gasteiger partial charge in [0.1, 0.15) is 11.4 Å². The maximum absolute atomic E-state index is 13.5. The van der Waals surface area contributed by atoms with Crippen LogP contribution >= 0.6 is 57.4 Å². The van der Waals surface area contributed by atoms with E-state index in [0.29, 0.717) is 20.2 Å². The minimum Gasteiger partial charge on any atom is -0.349 e. The van der Waals surface area contributed by atoms with E-state index in [9.17, 15) is 22.8 Å². The van der Waals surface area contributed by atoms with Crippen LogP contribution in [0.4, 0.5) is 18.9 Å². The van der Waals surface area contributed by atoms with Crippen molar-refractivity contribution in [2.45, 2.75) is 32.0 Å². The summed E-state index contributed by atoms with van der Waals surface area (Å²) in [5, 5.41) is 8.96. The zero-order valence-electron chi connectivity index (χ0n) is 18.3. The highest BCUT2D eigenvalue weighted by Gasteiger charge is 2.37. The molecule has 2 amide bonds. The summed E-state index contributed by atoms with van der Waals surface area (Å²) in [7, 11) is 0. The topological polar surface area (TPSA) is 88.9 Å². The van der Waals surface area contributed by atoms with Gasteiger partial charge < -0.3 is 10.6 Å². The van der Waals surface area contributed by atoms with Crippen molar-refractivity contribution in [2.75, 3.05) is 5.32 Å². The van der Waals surface area contributed by atoms with Gasteiger partial charge in [0.2, 0.25) is 0 Å². The number of hydrogen-bond acceptors (Lipinski definition) is 4. The first kappa shape index (κ1) is 27.0. The second-order valence-corrected chi connectivity index (χ2v) is 10.6. The number of nitrogens with one attached hydrogen (secondary N) is 2. The third kappa shape index (κ3) is 5.74. The number of rotatable bonds is 6. The Hall–Kier alpha value is -2.09. The maximum Gasteiger partial charge on any atom is 0.435 e. The van der Waals surface area contributed by atoms with Gasteiger partial charge in [-0.3, -0.25) is 14.6 Å². The highest BCUT2D eigenvalue weighted by molar-refractivity contribution is 14.1. The minimum absolute atomic E-state index is 0.0647. The van der Waals surface area contributed by atoms with Gasteiger partial charge in [-0.05, 0) is 60.4 Å². The highest BCUT2D eigenvalue weighted by atomic mass is 127. The van der Waals surface area contributed by atoms with Gasteiger partial charge >= 0.3 is 6.18 Å². The first-order valence-corrected chi connectivity index (χ1v) is 12.7. The molecule has 1 aromatic carbocycles.